The van der Waals surface area contributed by atoms with Crippen molar-refractivity contribution in [1.82, 2.24) is 10.2 Å². The van der Waals surface area contributed by atoms with Gasteiger partial charge in [0.05, 0.1) is 24.6 Å². The Balaban J connectivity index is 2.63. The van der Waals surface area contributed by atoms with E-state index in [1.807, 2.05) is 6.92 Å². The number of carbonyl (C=O) groups excluding carboxylic acids is 2. The van der Waals surface area contributed by atoms with Crippen LogP contribution in [0.5, 0.6) is 0 Å². The minimum atomic E-state index is -3.04. The second-order valence-electron chi connectivity index (χ2n) is 4.98. The van der Waals surface area contributed by atoms with Crippen LogP contribution < -0.4 is 11.1 Å². The van der Waals surface area contributed by atoms with Gasteiger partial charge in [0.25, 0.3) is 0 Å². The van der Waals surface area contributed by atoms with Gasteiger partial charge in [-0.3, -0.25) is 9.59 Å². The third-order valence-corrected chi connectivity index (χ3v) is 5.09. The summed E-state index contributed by atoms with van der Waals surface area (Å²) in [5, 5.41) is 2.43. The van der Waals surface area contributed by atoms with E-state index in [0.29, 0.717) is 13.0 Å². The van der Waals surface area contributed by atoms with E-state index in [0.717, 1.165) is 12.8 Å². The maximum atomic E-state index is 12.1. The summed E-state index contributed by atoms with van der Waals surface area (Å²) in [5.74, 6) is -0.495. The lowest BCUT2D eigenvalue weighted by atomic mass is 10.2. The van der Waals surface area contributed by atoms with Crippen molar-refractivity contribution < 1.29 is 18.0 Å². The smallest absolute Gasteiger partial charge is 0.242 e. The van der Waals surface area contributed by atoms with Crippen LogP contribution in [0, 0.1) is 0 Å². The number of amides is 2. The summed E-state index contributed by atoms with van der Waals surface area (Å²) in [7, 11) is -3.04. The molecule has 1 rings (SSSR count). The molecule has 0 aromatic carbocycles. The maximum Gasteiger partial charge on any atom is 0.242 e. The van der Waals surface area contributed by atoms with Crippen LogP contribution >= 0.6 is 0 Å². The van der Waals surface area contributed by atoms with Gasteiger partial charge >= 0.3 is 0 Å². The Hall–Kier alpha value is -1.15. The molecule has 1 fully saturated rings. The Kier molecular flexibility index (Phi) is 6.41. The molecule has 0 radical (unpaired) electrons. The summed E-state index contributed by atoms with van der Waals surface area (Å²) in [5.41, 5.74) is 5.16. The Bertz CT molecular complexity index is 450. The summed E-state index contributed by atoms with van der Waals surface area (Å²) >= 11 is 0. The molecule has 8 heteroatoms. The molecule has 1 saturated heterocycles. The topological polar surface area (TPSA) is 110 Å². The molecule has 20 heavy (non-hydrogen) atoms. The van der Waals surface area contributed by atoms with E-state index in [1.165, 1.54) is 0 Å². The predicted molar refractivity (Wildman–Crippen MR) is 75.7 cm³/mol. The molecule has 0 saturated carbocycles. The molecule has 0 aromatic rings. The van der Waals surface area contributed by atoms with Crippen molar-refractivity contribution in [2.24, 2.45) is 5.73 Å². The second-order valence-corrected chi connectivity index (χ2v) is 7.21. The van der Waals surface area contributed by atoms with Crippen LogP contribution in [0.3, 0.4) is 0 Å². The van der Waals surface area contributed by atoms with Gasteiger partial charge in [0, 0.05) is 12.6 Å². The SMILES string of the molecule is CCCCN(C(=O)CNC(=O)CN)C1CCS(=O)(=O)C1. The third kappa shape index (κ3) is 5.09. The zero-order valence-corrected chi connectivity index (χ0v) is 12.6. The molecule has 0 aromatic heterocycles. The number of rotatable bonds is 7. The molecule has 0 spiro atoms. The number of hydrogen-bond acceptors (Lipinski definition) is 5. The summed E-state index contributed by atoms with van der Waals surface area (Å²) in [4.78, 5) is 24.8. The maximum absolute atomic E-state index is 12.1. The van der Waals surface area contributed by atoms with Crippen molar-refractivity contribution in [3.8, 4) is 0 Å². The zero-order valence-electron chi connectivity index (χ0n) is 11.8. The summed E-state index contributed by atoms with van der Waals surface area (Å²) < 4.78 is 23.1. The van der Waals surface area contributed by atoms with Gasteiger partial charge in [0.2, 0.25) is 11.8 Å². The first kappa shape index (κ1) is 16.9. The minimum Gasteiger partial charge on any atom is -0.346 e. The van der Waals surface area contributed by atoms with Gasteiger partial charge in [-0.25, -0.2) is 8.42 Å². The molecule has 116 valence electrons. The lowest BCUT2D eigenvalue weighted by molar-refractivity contribution is -0.134. The Labute approximate surface area is 119 Å². The van der Waals surface area contributed by atoms with Crippen LogP contribution in [0.25, 0.3) is 0 Å². The quantitative estimate of drug-likeness (QED) is 0.619. The molecular formula is C12H23N3O4S. The predicted octanol–water partition coefficient (Wildman–Crippen LogP) is -1.12. The van der Waals surface area contributed by atoms with E-state index in [1.54, 1.807) is 4.90 Å². The van der Waals surface area contributed by atoms with Gasteiger partial charge in [-0.15, -0.1) is 0 Å². The molecule has 1 aliphatic heterocycles. The second kappa shape index (κ2) is 7.58. The number of nitrogens with zero attached hydrogens (tertiary/aromatic N) is 1. The van der Waals surface area contributed by atoms with E-state index in [2.05, 4.69) is 5.32 Å². The highest BCUT2D eigenvalue weighted by Gasteiger charge is 2.34. The van der Waals surface area contributed by atoms with Gasteiger partial charge in [-0.1, -0.05) is 13.3 Å². The monoisotopic (exact) mass is 305 g/mol. The Morgan fingerprint density at radius 2 is 2.10 bits per heavy atom. The first-order chi connectivity index (χ1) is 9.39. The lowest BCUT2D eigenvalue weighted by Crippen LogP contribution is -2.47. The molecule has 1 atom stereocenters. The largest absolute Gasteiger partial charge is 0.346 e. The average molecular weight is 305 g/mol. The number of nitrogens with one attached hydrogen (secondary N) is 1. The van der Waals surface area contributed by atoms with E-state index in [9.17, 15) is 18.0 Å². The highest BCUT2D eigenvalue weighted by Crippen LogP contribution is 2.18. The van der Waals surface area contributed by atoms with Crippen molar-refractivity contribution in [2.45, 2.75) is 32.2 Å². The standard InChI is InChI=1S/C12H23N3O4S/c1-2-3-5-15(10-4-6-20(18,19)9-10)12(17)8-14-11(16)7-13/h10H,2-9,13H2,1H3,(H,14,16). The van der Waals surface area contributed by atoms with Gasteiger partial charge in [-0.2, -0.15) is 0 Å². The van der Waals surface area contributed by atoms with Gasteiger partial charge in [-0.05, 0) is 12.8 Å². The van der Waals surface area contributed by atoms with Gasteiger partial charge in [0.1, 0.15) is 0 Å². The fraction of sp³-hybridized carbons (Fsp3) is 0.833. The highest BCUT2D eigenvalue weighted by atomic mass is 32.2. The van der Waals surface area contributed by atoms with Crippen molar-refractivity contribution in [1.29, 1.82) is 0 Å². The number of nitrogens with two attached hydrogens (primary N) is 1. The lowest BCUT2D eigenvalue weighted by Gasteiger charge is -2.28. The Morgan fingerprint density at radius 3 is 2.60 bits per heavy atom. The van der Waals surface area contributed by atoms with Crippen LogP contribution in [-0.2, 0) is 19.4 Å². The summed E-state index contributed by atoms with van der Waals surface area (Å²) in [6.45, 7) is 2.23. The van der Waals surface area contributed by atoms with Crippen LogP contribution in [0.4, 0.5) is 0 Å². The van der Waals surface area contributed by atoms with E-state index >= 15 is 0 Å². The van der Waals surface area contributed by atoms with Crippen LogP contribution in [0.1, 0.15) is 26.2 Å². The van der Waals surface area contributed by atoms with Crippen molar-refractivity contribution in [3.63, 3.8) is 0 Å². The van der Waals surface area contributed by atoms with Gasteiger partial charge < -0.3 is 16.0 Å². The van der Waals surface area contributed by atoms with E-state index < -0.39 is 15.7 Å². The minimum absolute atomic E-state index is 0.0211. The first-order valence-electron chi connectivity index (χ1n) is 6.86. The molecule has 3 N–H and O–H groups in total. The molecule has 7 nitrogen and oxygen atoms in total. The zero-order chi connectivity index (χ0) is 15.2. The molecular weight excluding hydrogens is 282 g/mol. The number of unbranched alkanes of at least 4 members (excludes halogenated alkanes) is 1. The van der Waals surface area contributed by atoms with Crippen molar-refractivity contribution in [2.75, 3.05) is 31.1 Å². The number of sulfone groups is 1. The van der Waals surface area contributed by atoms with E-state index in [-0.39, 0.29) is 36.5 Å². The van der Waals surface area contributed by atoms with Gasteiger partial charge in [0.15, 0.2) is 9.84 Å². The molecule has 1 aliphatic rings. The summed E-state index contributed by atoms with van der Waals surface area (Å²) in [6, 6.07) is -0.270. The van der Waals surface area contributed by atoms with E-state index in [4.69, 9.17) is 5.73 Å². The van der Waals surface area contributed by atoms with Crippen molar-refractivity contribution >= 4 is 21.7 Å². The average Bonchev–Trinajstić information content (AvgIpc) is 2.76. The first-order valence-corrected chi connectivity index (χ1v) is 8.68. The normalized spacial score (nSPS) is 20.6. The van der Waals surface area contributed by atoms with Crippen LogP contribution in [0.15, 0.2) is 0 Å². The molecule has 1 heterocycles. The fourth-order valence-electron chi connectivity index (χ4n) is 2.21. The molecule has 0 bridgehead atoms. The fourth-order valence-corrected chi connectivity index (χ4v) is 3.94. The summed E-state index contributed by atoms with van der Waals surface area (Å²) in [6.07, 6.45) is 2.20. The highest BCUT2D eigenvalue weighted by molar-refractivity contribution is 7.91. The molecule has 1 unspecified atom stereocenters. The van der Waals surface area contributed by atoms with Crippen molar-refractivity contribution in [3.05, 3.63) is 0 Å². The molecule has 0 aliphatic carbocycles. The van der Waals surface area contributed by atoms with Crippen LogP contribution in [-0.4, -0.2) is 62.3 Å². The number of carbonyl (C=O) groups is 2. The molecule has 2 amide bonds. The Morgan fingerprint density at radius 1 is 1.40 bits per heavy atom. The number of hydrogen-bond donors (Lipinski definition) is 2. The van der Waals surface area contributed by atoms with Crippen LogP contribution in [0.2, 0.25) is 0 Å². The third-order valence-electron chi connectivity index (χ3n) is 3.34.